The summed E-state index contributed by atoms with van der Waals surface area (Å²) in [7, 11) is 0. The van der Waals surface area contributed by atoms with Crippen molar-refractivity contribution in [2.24, 2.45) is 5.92 Å². The molecule has 0 aliphatic carbocycles. The van der Waals surface area contributed by atoms with Crippen molar-refractivity contribution in [3.8, 4) is 0 Å². The van der Waals surface area contributed by atoms with Crippen molar-refractivity contribution in [1.29, 1.82) is 0 Å². The molecule has 2 rings (SSSR count). The summed E-state index contributed by atoms with van der Waals surface area (Å²) in [5.74, 6) is -0.490. The first-order valence-electron chi connectivity index (χ1n) is 7.35. The molecule has 7 heteroatoms. The third-order valence-electron chi connectivity index (χ3n) is 3.48. The van der Waals surface area contributed by atoms with Crippen molar-refractivity contribution < 1.29 is 19.2 Å². The Labute approximate surface area is 133 Å². The van der Waals surface area contributed by atoms with Gasteiger partial charge in [-0.3, -0.25) is 4.79 Å². The molecule has 23 heavy (non-hydrogen) atoms. The maximum atomic E-state index is 12.1. The van der Waals surface area contributed by atoms with Crippen LogP contribution in [0.25, 0.3) is 0 Å². The number of benzene rings is 1. The number of aryl methyl sites for hydroxylation is 1. The fraction of sp³-hybridized carbons (Fsp3) is 0.375. The van der Waals surface area contributed by atoms with Gasteiger partial charge in [0, 0.05) is 6.42 Å². The lowest BCUT2D eigenvalue weighted by Crippen LogP contribution is -2.32. The zero-order valence-corrected chi connectivity index (χ0v) is 13.0. The highest BCUT2D eigenvalue weighted by Gasteiger charge is 2.22. The topological polar surface area (TPSA) is 105 Å². The maximum Gasteiger partial charge on any atom is 0.335 e. The van der Waals surface area contributed by atoms with Crippen LogP contribution in [0.3, 0.4) is 0 Å². The van der Waals surface area contributed by atoms with E-state index in [2.05, 4.69) is 15.5 Å². The first-order chi connectivity index (χ1) is 11.0. The lowest BCUT2D eigenvalue weighted by molar-refractivity contribution is -0.122. The van der Waals surface area contributed by atoms with Crippen LogP contribution in [0.1, 0.15) is 48.1 Å². The maximum absolute atomic E-state index is 12.1. The van der Waals surface area contributed by atoms with Crippen LogP contribution in [0, 0.1) is 5.92 Å². The van der Waals surface area contributed by atoms with Crippen molar-refractivity contribution in [2.45, 2.75) is 32.7 Å². The molecule has 1 heterocycles. The lowest BCUT2D eigenvalue weighted by Gasteiger charge is -2.18. The van der Waals surface area contributed by atoms with E-state index in [4.69, 9.17) is 9.63 Å². The Morgan fingerprint density at radius 2 is 1.96 bits per heavy atom. The van der Waals surface area contributed by atoms with E-state index >= 15 is 0 Å². The molecule has 1 amide bonds. The minimum atomic E-state index is -0.964. The Bertz CT molecular complexity index is 650. The van der Waals surface area contributed by atoms with Gasteiger partial charge < -0.3 is 14.9 Å². The van der Waals surface area contributed by atoms with E-state index in [9.17, 15) is 9.59 Å². The Balaban J connectivity index is 1.90. The van der Waals surface area contributed by atoms with Crippen LogP contribution in [-0.4, -0.2) is 27.1 Å². The highest BCUT2D eigenvalue weighted by Crippen LogP contribution is 2.18. The number of aromatic nitrogens is 2. The zero-order chi connectivity index (χ0) is 16.8. The molecule has 0 radical (unpaired) electrons. The SMILES string of the molecule is CC(C)C(NC(=O)CCc1ccc(C(=O)O)cc1)c1ncon1. The first kappa shape index (κ1) is 16.7. The lowest BCUT2D eigenvalue weighted by atomic mass is 10.0. The van der Waals surface area contributed by atoms with E-state index < -0.39 is 5.97 Å². The summed E-state index contributed by atoms with van der Waals surface area (Å²) in [5.41, 5.74) is 1.14. The average Bonchev–Trinajstić information content (AvgIpc) is 3.04. The molecule has 0 bridgehead atoms. The quantitative estimate of drug-likeness (QED) is 0.811. The second-order valence-corrected chi connectivity index (χ2v) is 5.58. The summed E-state index contributed by atoms with van der Waals surface area (Å²) >= 11 is 0. The van der Waals surface area contributed by atoms with Crippen LogP contribution in [-0.2, 0) is 11.2 Å². The number of rotatable bonds is 7. The third-order valence-corrected chi connectivity index (χ3v) is 3.48. The van der Waals surface area contributed by atoms with Crippen molar-refractivity contribution in [3.63, 3.8) is 0 Å². The molecular formula is C16H19N3O4. The van der Waals surface area contributed by atoms with E-state index in [1.807, 2.05) is 13.8 Å². The summed E-state index contributed by atoms with van der Waals surface area (Å²) in [6, 6.07) is 6.21. The summed E-state index contributed by atoms with van der Waals surface area (Å²) in [5, 5.41) is 15.5. The second kappa shape index (κ2) is 7.53. The summed E-state index contributed by atoms with van der Waals surface area (Å²) in [6.45, 7) is 3.93. The molecule has 1 atom stereocenters. The van der Waals surface area contributed by atoms with Crippen molar-refractivity contribution in [3.05, 3.63) is 47.6 Å². The van der Waals surface area contributed by atoms with E-state index in [0.29, 0.717) is 18.7 Å². The number of carboxylic acids is 1. The van der Waals surface area contributed by atoms with Crippen LogP contribution >= 0.6 is 0 Å². The van der Waals surface area contributed by atoms with Gasteiger partial charge in [-0.1, -0.05) is 31.1 Å². The number of carboxylic acid groups (broad SMARTS) is 1. The molecule has 122 valence electrons. The number of carbonyl (C=O) groups excluding carboxylic acids is 1. The number of amides is 1. The van der Waals surface area contributed by atoms with Gasteiger partial charge in [0.2, 0.25) is 12.3 Å². The fourth-order valence-electron chi connectivity index (χ4n) is 2.16. The minimum Gasteiger partial charge on any atom is -0.478 e. The van der Waals surface area contributed by atoms with Crippen molar-refractivity contribution in [1.82, 2.24) is 15.5 Å². The van der Waals surface area contributed by atoms with Crippen LogP contribution in [0.2, 0.25) is 0 Å². The predicted molar refractivity (Wildman–Crippen MR) is 81.7 cm³/mol. The fourth-order valence-corrected chi connectivity index (χ4v) is 2.16. The molecule has 0 aliphatic rings. The first-order valence-corrected chi connectivity index (χ1v) is 7.35. The van der Waals surface area contributed by atoms with E-state index in [-0.39, 0.29) is 23.4 Å². The Morgan fingerprint density at radius 1 is 1.26 bits per heavy atom. The molecule has 2 N–H and O–H groups in total. The Hall–Kier alpha value is -2.70. The van der Waals surface area contributed by atoms with Gasteiger partial charge in [0.25, 0.3) is 0 Å². The molecule has 0 fully saturated rings. The Kier molecular flexibility index (Phi) is 5.46. The van der Waals surface area contributed by atoms with Gasteiger partial charge in [0.05, 0.1) is 11.6 Å². The Morgan fingerprint density at radius 3 is 2.48 bits per heavy atom. The van der Waals surface area contributed by atoms with Gasteiger partial charge in [0.1, 0.15) is 0 Å². The molecule has 1 aromatic heterocycles. The summed E-state index contributed by atoms with van der Waals surface area (Å²) < 4.78 is 4.73. The number of nitrogens with zero attached hydrogens (tertiary/aromatic N) is 2. The molecule has 7 nitrogen and oxygen atoms in total. The molecule has 1 unspecified atom stereocenters. The van der Waals surface area contributed by atoms with E-state index in [1.54, 1.807) is 12.1 Å². The van der Waals surface area contributed by atoms with Gasteiger partial charge in [0.15, 0.2) is 5.82 Å². The molecule has 0 saturated carbocycles. The number of aromatic carboxylic acids is 1. The van der Waals surface area contributed by atoms with Crippen LogP contribution in [0.15, 0.2) is 35.2 Å². The van der Waals surface area contributed by atoms with Gasteiger partial charge in [-0.15, -0.1) is 0 Å². The molecule has 0 aliphatic heterocycles. The second-order valence-electron chi connectivity index (χ2n) is 5.58. The zero-order valence-electron chi connectivity index (χ0n) is 13.0. The highest BCUT2D eigenvalue weighted by molar-refractivity contribution is 5.87. The predicted octanol–water partition coefficient (Wildman–Crippen LogP) is 2.21. The van der Waals surface area contributed by atoms with Crippen molar-refractivity contribution >= 4 is 11.9 Å². The van der Waals surface area contributed by atoms with Gasteiger partial charge in [-0.25, -0.2) is 4.79 Å². The van der Waals surface area contributed by atoms with Gasteiger partial charge in [-0.2, -0.15) is 4.98 Å². The summed E-state index contributed by atoms with van der Waals surface area (Å²) in [4.78, 5) is 26.9. The van der Waals surface area contributed by atoms with Crippen LogP contribution in [0.4, 0.5) is 0 Å². The molecule has 0 saturated heterocycles. The molecular weight excluding hydrogens is 298 g/mol. The average molecular weight is 317 g/mol. The standard InChI is InChI=1S/C16H19N3O4/c1-10(2)14(15-17-9-23-19-15)18-13(20)8-5-11-3-6-12(7-4-11)16(21)22/h3-4,6-7,9-10,14H,5,8H2,1-2H3,(H,18,20)(H,21,22). The van der Waals surface area contributed by atoms with Gasteiger partial charge in [-0.05, 0) is 30.0 Å². The minimum absolute atomic E-state index is 0.115. The monoisotopic (exact) mass is 317 g/mol. The smallest absolute Gasteiger partial charge is 0.335 e. The normalized spacial score (nSPS) is 12.1. The highest BCUT2D eigenvalue weighted by atomic mass is 16.5. The number of hydrogen-bond donors (Lipinski definition) is 2. The molecule has 1 aromatic carbocycles. The number of hydrogen-bond acceptors (Lipinski definition) is 5. The van der Waals surface area contributed by atoms with E-state index in [0.717, 1.165) is 5.56 Å². The molecule has 0 spiro atoms. The molecule has 2 aromatic rings. The van der Waals surface area contributed by atoms with Gasteiger partial charge >= 0.3 is 5.97 Å². The number of nitrogens with one attached hydrogen (secondary N) is 1. The largest absolute Gasteiger partial charge is 0.478 e. The van der Waals surface area contributed by atoms with E-state index in [1.165, 1.54) is 18.5 Å². The van der Waals surface area contributed by atoms with Crippen molar-refractivity contribution in [2.75, 3.05) is 0 Å². The van der Waals surface area contributed by atoms with Crippen LogP contribution < -0.4 is 5.32 Å². The van der Waals surface area contributed by atoms with Crippen LogP contribution in [0.5, 0.6) is 0 Å². The third kappa shape index (κ3) is 4.64. The number of carbonyl (C=O) groups is 2. The summed E-state index contributed by atoms with van der Waals surface area (Å²) in [6.07, 6.45) is 2.07.